The predicted octanol–water partition coefficient (Wildman–Crippen LogP) is 4.38. The first-order valence-electron chi connectivity index (χ1n) is 10.6. The van der Waals surface area contributed by atoms with Gasteiger partial charge in [0.15, 0.2) is 0 Å². The zero-order valence-electron chi connectivity index (χ0n) is 19.0. The van der Waals surface area contributed by atoms with Crippen LogP contribution in [0.1, 0.15) is 42.1 Å². The number of nitriles is 2. The summed E-state index contributed by atoms with van der Waals surface area (Å²) >= 11 is 1.22. The van der Waals surface area contributed by atoms with Crippen LogP contribution >= 0.6 is 11.8 Å². The number of aryl methyl sites for hydroxylation is 2. The largest absolute Gasteiger partial charge is 0.463 e. The number of halogens is 1. The summed E-state index contributed by atoms with van der Waals surface area (Å²) in [6, 6.07) is 11.4. The minimum Gasteiger partial charge on any atom is -0.463 e. The van der Waals surface area contributed by atoms with E-state index >= 15 is 0 Å². The smallest absolute Gasteiger partial charge is 0.338 e. The highest BCUT2D eigenvalue weighted by Gasteiger charge is 2.37. The van der Waals surface area contributed by atoms with Crippen LogP contribution in [0, 0.1) is 35.4 Å². The highest BCUT2D eigenvalue weighted by molar-refractivity contribution is 7.99. The molecule has 1 aromatic carbocycles. The molecule has 0 spiro atoms. The van der Waals surface area contributed by atoms with E-state index in [1.54, 1.807) is 13.0 Å². The van der Waals surface area contributed by atoms with Gasteiger partial charge in [0, 0.05) is 5.69 Å². The van der Waals surface area contributed by atoms with Crippen molar-refractivity contribution in [2.75, 3.05) is 12.4 Å². The van der Waals surface area contributed by atoms with Gasteiger partial charge >= 0.3 is 5.97 Å². The highest BCUT2D eigenvalue weighted by atomic mass is 32.2. The topological polar surface area (TPSA) is 122 Å². The van der Waals surface area contributed by atoms with Gasteiger partial charge in [-0.15, -0.1) is 0 Å². The van der Waals surface area contributed by atoms with Gasteiger partial charge in [-0.3, -0.25) is 0 Å². The second kappa shape index (κ2) is 10.9. The molecule has 1 aromatic heterocycles. The van der Waals surface area contributed by atoms with Crippen LogP contribution in [0.5, 0.6) is 0 Å². The van der Waals surface area contributed by atoms with Crippen LogP contribution in [0.2, 0.25) is 0 Å². The first-order valence-corrected chi connectivity index (χ1v) is 11.6. The maximum absolute atomic E-state index is 13.6. The second-order valence-electron chi connectivity index (χ2n) is 7.39. The summed E-state index contributed by atoms with van der Waals surface area (Å²) in [7, 11) is 0. The van der Waals surface area contributed by atoms with Crippen molar-refractivity contribution >= 4 is 17.7 Å². The van der Waals surface area contributed by atoms with Gasteiger partial charge < -0.3 is 15.2 Å². The lowest BCUT2D eigenvalue weighted by molar-refractivity contribution is -0.139. The summed E-state index contributed by atoms with van der Waals surface area (Å²) in [5.41, 5.74) is 8.88. The summed E-state index contributed by atoms with van der Waals surface area (Å²) < 4.78 is 24.6. The number of carbonyl (C=O) groups is 1. The van der Waals surface area contributed by atoms with E-state index in [9.17, 15) is 19.7 Å². The van der Waals surface area contributed by atoms with E-state index in [1.165, 1.54) is 36.0 Å². The zero-order chi connectivity index (χ0) is 24.8. The fourth-order valence-corrected chi connectivity index (χ4v) is 4.58. The number of allylic oxidation sites excluding steroid dienone is 1. The molecular formula is C25H23FN4O3S. The number of carbonyl (C=O) groups excluding carboxylic acids is 1. The Hall–Kier alpha value is -3.82. The monoisotopic (exact) mass is 478 g/mol. The normalized spacial score (nSPS) is 15.4. The molecule has 0 saturated carbocycles. The standard InChI is InChI=1S/C25H23FN4O3S/c1-4-19-14(3)10-16(11-27)24(30-19)34-13-20-22(25(31)32-5-2)21(18(12-28)23(29)33-20)15-6-8-17(26)9-7-15/h6-10,21H,4-5,13,29H2,1-3H3. The lowest BCUT2D eigenvalue weighted by Crippen LogP contribution is -2.27. The molecule has 1 unspecified atom stereocenters. The first kappa shape index (κ1) is 24.8. The van der Waals surface area contributed by atoms with Crippen molar-refractivity contribution in [2.24, 2.45) is 5.73 Å². The van der Waals surface area contributed by atoms with Crippen molar-refractivity contribution < 1.29 is 18.7 Å². The van der Waals surface area contributed by atoms with Crippen LogP contribution in [0.3, 0.4) is 0 Å². The molecule has 2 heterocycles. The van der Waals surface area contributed by atoms with Gasteiger partial charge in [0.1, 0.15) is 34.3 Å². The summed E-state index contributed by atoms with van der Waals surface area (Å²) in [6.45, 7) is 5.65. The average Bonchev–Trinajstić information content (AvgIpc) is 2.83. The van der Waals surface area contributed by atoms with Crippen LogP contribution in [-0.4, -0.2) is 23.3 Å². The molecule has 1 aliphatic rings. The Balaban J connectivity index is 2.10. The number of ether oxygens (including phenoxy) is 2. The molecule has 0 amide bonds. The number of hydrogen-bond donors (Lipinski definition) is 1. The third-order valence-corrected chi connectivity index (χ3v) is 6.26. The van der Waals surface area contributed by atoms with Crippen LogP contribution in [-0.2, 0) is 20.7 Å². The molecule has 1 aliphatic heterocycles. The Morgan fingerprint density at radius 2 is 1.97 bits per heavy atom. The van der Waals surface area contributed by atoms with Crippen molar-refractivity contribution in [1.29, 1.82) is 10.5 Å². The fourth-order valence-electron chi connectivity index (χ4n) is 3.66. The van der Waals surface area contributed by atoms with E-state index in [0.29, 0.717) is 22.6 Å². The molecule has 1 atom stereocenters. The van der Waals surface area contributed by atoms with Crippen molar-refractivity contribution in [1.82, 2.24) is 4.98 Å². The molecule has 0 aliphatic carbocycles. The molecule has 7 nitrogen and oxygen atoms in total. The molecule has 2 aromatic rings. The van der Waals surface area contributed by atoms with Gasteiger partial charge in [-0.1, -0.05) is 30.8 Å². The number of thioether (sulfide) groups is 1. The van der Waals surface area contributed by atoms with E-state index in [2.05, 4.69) is 11.1 Å². The quantitative estimate of drug-likeness (QED) is 0.459. The summed E-state index contributed by atoms with van der Waals surface area (Å²) in [5, 5.41) is 19.8. The number of aromatic nitrogens is 1. The van der Waals surface area contributed by atoms with Crippen LogP contribution in [0.15, 0.2) is 58.1 Å². The van der Waals surface area contributed by atoms with Gasteiger partial charge in [0.25, 0.3) is 0 Å². The lowest BCUT2D eigenvalue weighted by atomic mass is 9.83. The molecule has 9 heteroatoms. The number of pyridine rings is 1. The summed E-state index contributed by atoms with van der Waals surface area (Å²) in [6.07, 6.45) is 0.701. The second-order valence-corrected chi connectivity index (χ2v) is 8.36. The highest BCUT2D eigenvalue weighted by Crippen LogP contribution is 2.41. The number of hydrogen-bond acceptors (Lipinski definition) is 8. The third-order valence-electron chi connectivity index (χ3n) is 5.27. The Morgan fingerprint density at radius 1 is 1.26 bits per heavy atom. The van der Waals surface area contributed by atoms with Crippen molar-refractivity contribution in [3.63, 3.8) is 0 Å². The SMILES string of the molecule is CCOC(=O)C1=C(CSc2nc(CC)c(C)cc2C#N)OC(N)=C(C#N)C1c1ccc(F)cc1. The molecule has 3 rings (SSSR count). The summed E-state index contributed by atoms with van der Waals surface area (Å²) in [5.74, 6) is -1.85. The van der Waals surface area contributed by atoms with Crippen LogP contribution in [0.4, 0.5) is 4.39 Å². The minimum atomic E-state index is -0.887. The van der Waals surface area contributed by atoms with E-state index in [-0.39, 0.29) is 35.1 Å². The van der Waals surface area contributed by atoms with Gasteiger partial charge in [-0.05, 0) is 49.6 Å². The average molecular weight is 479 g/mol. The van der Waals surface area contributed by atoms with E-state index in [4.69, 9.17) is 15.2 Å². The number of nitrogens with zero attached hydrogens (tertiary/aromatic N) is 3. The predicted molar refractivity (Wildman–Crippen MR) is 125 cm³/mol. The summed E-state index contributed by atoms with van der Waals surface area (Å²) in [4.78, 5) is 17.6. The molecular weight excluding hydrogens is 455 g/mol. The van der Waals surface area contributed by atoms with Gasteiger partial charge in [0.05, 0.1) is 29.4 Å². The Labute approximate surface area is 201 Å². The van der Waals surface area contributed by atoms with Crippen molar-refractivity contribution in [3.8, 4) is 12.1 Å². The molecule has 0 fully saturated rings. The van der Waals surface area contributed by atoms with Crippen LogP contribution in [0.25, 0.3) is 0 Å². The maximum Gasteiger partial charge on any atom is 0.338 e. The number of nitrogens with two attached hydrogens (primary N) is 1. The van der Waals surface area contributed by atoms with Gasteiger partial charge in [-0.25, -0.2) is 14.2 Å². The van der Waals surface area contributed by atoms with Crippen molar-refractivity contribution in [3.05, 3.63) is 81.3 Å². The molecule has 174 valence electrons. The molecule has 34 heavy (non-hydrogen) atoms. The minimum absolute atomic E-state index is 0.0304. The molecule has 2 N–H and O–H groups in total. The maximum atomic E-state index is 13.6. The zero-order valence-corrected chi connectivity index (χ0v) is 19.8. The van der Waals surface area contributed by atoms with E-state index in [0.717, 1.165) is 11.3 Å². The number of esters is 1. The Morgan fingerprint density at radius 3 is 2.56 bits per heavy atom. The molecule has 0 radical (unpaired) electrons. The third kappa shape index (κ3) is 5.05. The fraction of sp³-hybridized carbons (Fsp3) is 0.280. The van der Waals surface area contributed by atoms with E-state index in [1.807, 2.05) is 19.9 Å². The molecule has 0 saturated heterocycles. The Bertz CT molecular complexity index is 1260. The first-order chi connectivity index (χ1) is 16.3. The van der Waals surface area contributed by atoms with Gasteiger partial charge in [0.2, 0.25) is 5.88 Å². The van der Waals surface area contributed by atoms with Gasteiger partial charge in [-0.2, -0.15) is 10.5 Å². The van der Waals surface area contributed by atoms with Crippen LogP contribution < -0.4 is 5.73 Å². The Kier molecular flexibility index (Phi) is 7.93. The van der Waals surface area contributed by atoms with Crippen molar-refractivity contribution in [2.45, 2.75) is 38.1 Å². The number of rotatable bonds is 7. The lowest BCUT2D eigenvalue weighted by Gasteiger charge is -2.28. The molecule has 0 bridgehead atoms. The number of benzene rings is 1. The van der Waals surface area contributed by atoms with E-state index < -0.39 is 17.7 Å².